The fourth-order valence-electron chi connectivity index (χ4n) is 4.19. The summed E-state index contributed by atoms with van der Waals surface area (Å²) in [6.07, 6.45) is 5.81. The van der Waals surface area contributed by atoms with Crippen molar-refractivity contribution >= 4 is 41.5 Å². The number of amides is 4. The second kappa shape index (κ2) is 10.1. The number of benzene rings is 2. The Kier molecular flexibility index (Phi) is 6.98. The van der Waals surface area contributed by atoms with Crippen LogP contribution in [0.3, 0.4) is 0 Å². The van der Waals surface area contributed by atoms with E-state index in [0.717, 1.165) is 37.0 Å². The van der Waals surface area contributed by atoms with Crippen molar-refractivity contribution in [1.29, 1.82) is 0 Å². The second-order valence-corrected chi connectivity index (χ2v) is 8.68. The molecular formula is C25H23ClN2O6. The number of barbiturate groups is 1. The molecule has 1 heterocycles. The number of ether oxygens (including phenoxy) is 1. The van der Waals surface area contributed by atoms with Gasteiger partial charge in [0.2, 0.25) is 0 Å². The van der Waals surface area contributed by atoms with Crippen molar-refractivity contribution in [1.82, 2.24) is 10.2 Å². The number of carbonyl (C=O) groups is 4. The number of imide groups is 2. The zero-order chi connectivity index (χ0) is 24.2. The summed E-state index contributed by atoms with van der Waals surface area (Å²) in [5.41, 5.74) is 1.20. The topological polar surface area (TPSA) is 113 Å². The average molecular weight is 483 g/mol. The Hall–Kier alpha value is -3.65. The highest BCUT2D eigenvalue weighted by Gasteiger charge is 2.40. The first-order valence-corrected chi connectivity index (χ1v) is 11.4. The van der Waals surface area contributed by atoms with Crippen LogP contribution in [0.2, 0.25) is 5.02 Å². The molecule has 1 aliphatic carbocycles. The number of nitrogens with zero attached hydrogens (tertiary/aromatic N) is 1. The number of rotatable bonds is 6. The lowest BCUT2D eigenvalue weighted by Crippen LogP contribution is -2.58. The van der Waals surface area contributed by atoms with Crippen LogP contribution in [0, 0.1) is 0 Å². The molecule has 0 spiro atoms. The van der Waals surface area contributed by atoms with E-state index < -0.39 is 23.8 Å². The second-order valence-electron chi connectivity index (χ2n) is 8.27. The molecule has 2 aromatic carbocycles. The van der Waals surface area contributed by atoms with Crippen LogP contribution >= 0.6 is 11.6 Å². The number of aromatic carboxylic acids is 1. The third-order valence-electron chi connectivity index (χ3n) is 5.91. The molecule has 0 radical (unpaired) electrons. The van der Waals surface area contributed by atoms with Gasteiger partial charge in [-0.3, -0.25) is 19.8 Å². The summed E-state index contributed by atoms with van der Waals surface area (Å²) < 4.78 is 5.71. The Labute approximate surface area is 201 Å². The molecule has 176 valence electrons. The smallest absolute Gasteiger partial charge is 0.335 e. The zero-order valence-electron chi connectivity index (χ0n) is 18.3. The van der Waals surface area contributed by atoms with E-state index in [1.807, 2.05) is 0 Å². The van der Waals surface area contributed by atoms with E-state index >= 15 is 0 Å². The van der Waals surface area contributed by atoms with Gasteiger partial charge < -0.3 is 9.84 Å². The predicted octanol–water partition coefficient (Wildman–Crippen LogP) is 4.41. The van der Waals surface area contributed by atoms with Gasteiger partial charge in [0.1, 0.15) is 17.9 Å². The van der Waals surface area contributed by atoms with Gasteiger partial charge in [0.05, 0.1) is 10.6 Å². The highest BCUT2D eigenvalue weighted by molar-refractivity contribution is 6.33. The van der Waals surface area contributed by atoms with Gasteiger partial charge in [0.25, 0.3) is 11.8 Å². The molecule has 2 N–H and O–H groups in total. The fourth-order valence-corrected chi connectivity index (χ4v) is 4.43. The number of halogens is 1. The van der Waals surface area contributed by atoms with Crippen LogP contribution in [0.5, 0.6) is 5.75 Å². The Morgan fingerprint density at radius 1 is 1.12 bits per heavy atom. The molecule has 1 saturated carbocycles. The minimum atomic E-state index is -1.03. The quantitative estimate of drug-likeness (QED) is 0.465. The van der Waals surface area contributed by atoms with Gasteiger partial charge in [-0.05, 0) is 54.3 Å². The molecule has 0 unspecified atom stereocenters. The Morgan fingerprint density at radius 3 is 2.59 bits per heavy atom. The largest absolute Gasteiger partial charge is 0.487 e. The van der Waals surface area contributed by atoms with Crippen molar-refractivity contribution in [3.05, 3.63) is 69.8 Å². The van der Waals surface area contributed by atoms with Gasteiger partial charge in [0, 0.05) is 6.04 Å². The third kappa shape index (κ3) is 5.12. The van der Waals surface area contributed by atoms with Crippen LogP contribution in [0.1, 0.15) is 53.6 Å². The van der Waals surface area contributed by atoms with Gasteiger partial charge in [-0.15, -0.1) is 0 Å². The van der Waals surface area contributed by atoms with Crippen molar-refractivity contribution in [2.45, 2.75) is 44.8 Å². The number of nitrogens with one attached hydrogen (secondary N) is 1. The van der Waals surface area contributed by atoms with Crippen LogP contribution in [0.25, 0.3) is 6.08 Å². The SMILES string of the molecule is O=C1NC(=O)N(C2CCCCC2)C(=O)C1=Cc1ccc(OCc2cccc(C(=O)O)c2)c(Cl)c1. The highest BCUT2D eigenvalue weighted by Crippen LogP contribution is 2.29. The molecule has 9 heteroatoms. The maximum Gasteiger partial charge on any atom is 0.335 e. The van der Waals surface area contributed by atoms with Gasteiger partial charge in [-0.1, -0.05) is 49.1 Å². The molecule has 0 bridgehead atoms. The number of carbonyl (C=O) groups excluding carboxylic acids is 3. The number of urea groups is 1. The molecular weight excluding hydrogens is 460 g/mol. The van der Waals surface area contributed by atoms with E-state index in [9.17, 15) is 19.2 Å². The van der Waals surface area contributed by atoms with E-state index in [1.165, 1.54) is 18.2 Å². The highest BCUT2D eigenvalue weighted by atomic mass is 35.5. The minimum Gasteiger partial charge on any atom is -0.487 e. The summed E-state index contributed by atoms with van der Waals surface area (Å²) in [5, 5.41) is 11.6. The summed E-state index contributed by atoms with van der Waals surface area (Å²) >= 11 is 6.34. The molecule has 2 aromatic rings. The summed E-state index contributed by atoms with van der Waals surface area (Å²) in [6, 6.07) is 10.3. The minimum absolute atomic E-state index is 0.112. The van der Waals surface area contributed by atoms with Crippen LogP contribution in [0.4, 0.5) is 4.79 Å². The van der Waals surface area contributed by atoms with E-state index in [4.69, 9.17) is 21.4 Å². The summed E-state index contributed by atoms with van der Waals surface area (Å²) in [5.74, 6) is -2.00. The number of carboxylic acids is 1. The lowest BCUT2D eigenvalue weighted by atomic mass is 9.93. The number of hydrogen-bond acceptors (Lipinski definition) is 5. The molecule has 1 aliphatic heterocycles. The van der Waals surface area contributed by atoms with Crippen molar-refractivity contribution in [3.8, 4) is 5.75 Å². The normalized spacial score (nSPS) is 18.2. The summed E-state index contributed by atoms with van der Waals surface area (Å²) in [7, 11) is 0. The first-order valence-electron chi connectivity index (χ1n) is 11.0. The molecule has 4 rings (SSSR count). The molecule has 34 heavy (non-hydrogen) atoms. The van der Waals surface area contributed by atoms with Crippen LogP contribution in [-0.2, 0) is 16.2 Å². The first kappa shape index (κ1) is 23.5. The van der Waals surface area contributed by atoms with Crippen LogP contribution < -0.4 is 10.1 Å². The average Bonchev–Trinajstić information content (AvgIpc) is 2.82. The van der Waals surface area contributed by atoms with Gasteiger partial charge in [-0.25, -0.2) is 9.59 Å². The summed E-state index contributed by atoms with van der Waals surface area (Å²) in [6.45, 7) is 0.112. The Morgan fingerprint density at radius 2 is 1.88 bits per heavy atom. The first-order chi connectivity index (χ1) is 16.3. The maximum atomic E-state index is 13.0. The zero-order valence-corrected chi connectivity index (χ0v) is 19.0. The molecule has 8 nitrogen and oxygen atoms in total. The summed E-state index contributed by atoms with van der Waals surface area (Å²) in [4.78, 5) is 50.0. The van der Waals surface area contributed by atoms with Crippen molar-refractivity contribution in [2.24, 2.45) is 0 Å². The van der Waals surface area contributed by atoms with Crippen LogP contribution in [0.15, 0.2) is 48.0 Å². The van der Waals surface area contributed by atoms with Gasteiger partial charge >= 0.3 is 12.0 Å². The third-order valence-corrected chi connectivity index (χ3v) is 6.20. The maximum absolute atomic E-state index is 13.0. The van der Waals surface area contributed by atoms with E-state index in [0.29, 0.717) is 16.9 Å². The predicted molar refractivity (Wildman–Crippen MR) is 124 cm³/mol. The van der Waals surface area contributed by atoms with E-state index in [1.54, 1.807) is 30.3 Å². The Balaban J connectivity index is 1.50. The molecule has 2 fully saturated rings. The monoisotopic (exact) mass is 482 g/mol. The Bertz CT molecular complexity index is 1190. The molecule has 2 aliphatic rings. The lowest BCUT2D eigenvalue weighted by molar-refractivity contribution is -0.132. The van der Waals surface area contributed by atoms with Crippen molar-refractivity contribution in [3.63, 3.8) is 0 Å². The standard InChI is InChI=1S/C25H23ClN2O6/c26-20-13-15(9-10-21(20)34-14-16-5-4-6-17(11-16)24(31)32)12-19-22(29)27-25(33)28(23(19)30)18-7-2-1-3-8-18/h4-6,9-13,18H,1-3,7-8,14H2,(H,31,32)(H,27,29,33). The van der Waals surface area contributed by atoms with Crippen LogP contribution in [-0.4, -0.2) is 39.9 Å². The fraction of sp³-hybridized carbons (Fsp3) is 0.280. The van der Waals surface area contributed by atoms with Crippen molar-refractivity contribution in [2.75, 3.05) is 0 Å². The van der Waals surface area contributed by atoms with Gasteiger partial charge in [0.15, 0.2) is 0 Å². The van der Waals surface area contributed by atoms with Crippen molar-refractivity contribution < 1.29 is 29.0 Å². The molecule has 0 atom stereocenters. The van der Waals surface area contributed by atoms with E-state index in [-0.39, 0.29) is 28.8 Å². The van der Waals surface area contributed by atoms with Gasteiger partial charge in [-0.2, -0.15) is 0 Å². The molecule has 4 amide bonds. The van der Waals surface area contributed by atoms with E-state index in [2.05, 4.69) is 5.32 Å². The molecule has 1 saturated heterocycles. The number of carboxylic acid groups (broad SMARTS) is 1. The lowest BCUT2D eigenvalue weighted by Gasteiger charge is -2.35. The number of hydrogen-bond donors (Lipinski definition) is 2. The molecule has 0 aromatic heterocycles.